The van der Waals surface area contributed by atoms with E-state index in [0.717, 1.165) is 44.0 Å². The van der Waals surface area contributed by atoms with Crippen molar-refractivity contribution in [3.8, 4) is 0 Å². The lowest BCUT2D eigenvalue weighted by Crippen LogP contribution is -2.50. The summed E-state index contributed by atoms with van der Waals surface area (Å²) in [7, 11) is 0. The highest BCUT2D eigenvalue weighted by atomic mass is 32.2. The highest BCUT2D eigenvalue weighted by Gasteiger charge is 2.43. The third kappa shape index (κ3) is 3.67. The van der Waals surface area contributed by atoms with E-state index in [1.165, 1.54) is 16.4 Å². The van der Waals surface area contributed by atoms with Gasteiger partial charge in [0.15, 0.2) is 11.0 Å². The molecule has 27 heavy (non-hydrogen) atoms. The lowest BCUT2D eigenvalue weighted by Gasteiger charge is -2.40. The number of aryl methyl sites for hydroxylation is 1. The number of carbonyl (C=O) groups is 1. The summed E-state index contributed by atoms with van der Waals surface area (Å²) in [6, 6.07) is 10.3. The van der Waals surface area contributed by atoms with Crippen LogP contribution in [0.4, 0.5) is 0 Å². The maximum atomic E-state index is 13.1. The van der Waals surface area contributed by atoms with Crippen LogP contribution in [0.2, 0.25) is 0 Å². The molecule has 144 valence electrons. The Morgan fingerprint density at radius 3 is 2.59 bits per heavy atom. The number of aliphatic hydroxyl groups is 1. The minimum atomic E-state index is -0.238. The third-order valence-electron chi connectivity index (χ3n) is 5.27. The van der Waals surface area contributed by atoms with E-state index in [-0.39, 0.29) is 23.8 Å². The first-order chi connectivity index (χ1) is 13.2. The first-order valence-electron chi connectivity index (χ1n) is 9.50. The molecular formula is C19H25N5O2S. The number of fused-ring (bicyclic) bond motifs is 1. The van der Waals surface area contributed by atoms with Crippen LogP contribution in [0.5, 0.6) is 0 Å². The van der Waals surface area contributed by atoms with Gasteiger partial charge < -0.3 is 5.11 Å². The Bertz CT molecular complexity index is 789. The van der Waals surface area contributed by atoms with E-state index in [4.69, 9.17) is 0 Å². The van der Waals surface area contributed by atoms with Gasteiger partial charge in [-0.1, -0.05) is 49.0 Å². The summed E-state index contributed by atoms with van der Waals surface area (Å²) in [5.41, 5.74) is 1.15. The van der Waals surface area contributed by atoms with Crippen LogP contribution >= 0.6 is 11.8 Å². The molecule has 8 heteroatoms. The molecule has 7 nitrogen and oxygen atoms in total. The maximum Gasteiger partial charge on any atom is 0.264 e. The summed E-state index contributed by atoms with van der Waals surface area (Å²) < 4.78 is 1.49. The highest BCUT2D eigenvalue weighted by molar-refractivity contribution is 8.00. The topological polar surface area (TPSA) is 74.5 Å². The van der Waals surface area contributed by atoms with Crippen LogP contribution in [0.25, 0.3) is 0 Å². The predicted octanol–water partition coefficient (Wildman–Crippen LogP) is 1.31. The lowest BCUT2D eigenvalue weighted by molar-refractivity contribution is 0.0688. The van der Waals surface area contributed by atoms with Gasteiger partial charge >= 0.3 is 0 Å². The van der Waals surface area contributed by atoms with Crippen molar-refractivity contribution in [2.45, 2.75) is 29.8 Å². The third-order valence-corrected chi connectivity index (χ3v) is 6.45. The Balaban J connectivity index is 1.58. The first-order valence-corrected chi connectivity index (χ1v) is 10.4. The number of benzene rings is 1. The maximum absolute atomic E-state index is 13.1. The van der Waals surface area contributed by atoms with Crippen LogP contribution in [0, 0.1) is 0 Å². The molecule has 0 saturated carbocycles. The molecule has 0 bridgehead atoms. The summed E-state index contributed by atoms with van der Waals surface area (Å²) in [5, 5.41) is 14.0. The molecule has 0 aliphatic carbocycles. The van der Waals surface area contributed by atoms with E-state index >= 15 is 0 Å². The number of nitrogens with zero attached hydrogens (tertiary/aromatic N) is 5. The smallest absolute Gasteiger partial charge is 0.264 e. The molecule has 1 saturated heterocycles. The Morgan fingerprint density at radius 1 is 1.22 bits per heavy atom. The number of hydrogen-bond donors (Lipinski definition) is 1. The van der Waals surface area contributed by atoms with Gasteiger partial charge in [0.05, 0.1) is 12.6 Å². The summed E-state index contributed by atoms with van der Waals surface area (Å²) in [6.07, 6.45) is 0.730. The number of aliphatic hydroxyl groups excluding tert-OH is 1. The molecule has 2 aromatic rings. The van der Waals surface area contributed by atoms with E-state index in [2.05, 4.69) is 32.0 Å². The molecule has 1 fully saturated rings. The largest absolute Gasteiger partial charge is 0.395 e. The number of thioether (sulfide) groups is 1. The second-order valence-electron chi connectivity index (χ2n) is 6.91. The van der Waals surface area contributed by atoms with Gasteiger partial charge in [-0.3, -0.25) is 14.6 Å². The molecule has 2 unspecified atom stereocenters. The quantitative estimate of drug-likeness (QED) is 0.801. The van der Waals surface area contributed by atoms with Gasteiger partial charge in [0.1, 0.15) is 5.25 Å². The van der Waals surface area contributed by atoms with E-state index < -0.39 is 0 Å². The molecular weight excluding hydrogens is 362 g/mol. The van der Waals surface area contributed by atoms with Crippen molar-refractivity contribution < 1.29 is 9.90 Å². The number of rotatable bonds is 6. The molecule has 2 atom stereocenters. The van der Waals surface area contributed by atoms with Gasteiger partial charge in [-0.05, 0) is 5.56 Å². The molecule has 0 radical (unpaired) electrons. The number of carbonyl (C=O) groups excluding carboxylic acids is 1. The molecule has 3 heterocycles. The van der Waals surface area contributed by atoms with Gasteiger partial charge in [-0.15, -0.1) is 5.10 Å². The Hall–Kier alpha value is -1.74. The Labute approximate surface area is 163 Å². The van der Waals surface area contributed by atoms with Crippen molar-refractivity contribution in [2.24, 2.45) is 0 Å². The van der Waals surface area contributed by atoms with Gasteiger partial charge in [-0.25, -0.2) is 4.98 Å². The van der Waals surface area contributed by atoms with E-state index in [1.54, 1.807) is 0 Å². The molecule has 0 amide bonds. The first kappa shape index (κ1) is 18.6. The molecule has 4 rings (SSSR count). The zero-order valence-corrected chi connectivity index (χ0v) is 16.3. The summed E-state index contributed by atoms with van der Waals surface area (Å²) in [5.74, 6) is 0.743. The fourth-order valence-corrected chi connectivity index (χ4v) is 5.10. The van der Waals surface area contributed by atoms with Gasteiger partial charge in [0.25, 0.3) is 5.91 Å². The Morgan fingerprint density at radius 2 is 1.96 bits per heavy atom. The summed E-state index contributed by atoms with van der Waals surface area (Å²) in [6.45, 7) is 6.44. The second kappa shape index (κ2) is 8.10. The average molecular weight is 388 g/mol. The number of hydrogen-bond acceptors (Lipinski definition) is 7. The van der Waals surface area contributed by atoms with Crippen LogP contribution in [-0.2, 0) is 6.42 Å². The SMILES string of the molecule is CCc1nc2n(n1)C(=O)C(C(c1ccccc1)N1CCN(CCO)CC1)S2. The van der Waals surface area contributed by atoms with Crippen molar-refractivity contribution in [3.63, 3.8) is 0 Å². The highest BCUT2D eigenvalue weighted by Crippen LogP contribution is 2.41. The van der Waals surface area contributed by atoms with Gasteiger partial charge in [0.2, 0.25) is 0 Å². The molecule has 2 aliphatic rings. The predicted molar refractivity (Wildman–Crippen MR) is 104 cm³/mol. The van der Waals surface area contributed by atoms with Crippen LogP contribution in [-0.4, -0.2) is 80.2 Å². The van der Waals surface area contributed by atoms with Gasteiger partial charge in [-0.2, -0.15) is 4.68 Å². The molecule has 1 aromatic heterocycles. The number of aromatic nitrogens is 3. The van der Waals surface area contributed by atoms with Crippen molar-refractivity contribution in [2.75, 3.05) is 39.3 Å². The normalized spacial score (nSPS) is 22.1. The van der Waals surface area contributed by atoms with Crippen molar-refractivity contribution in [1.82, 2.24) is 24.6 Å². The average Bonchev–Trinajstić information content (AvgIpc) is 3.24. The zero-order chi connectivity index (χ0) is 18.8. The van der Waals surface area contributed by atoms with E-state index in [9.17, 15) is 9.90 Å². The van der Waals surface area contributed by atoms with Gasteiger partial charge in [0, 0.05) is 39.1 Å². The molecule has 2 aliphatic heterocycles. The fourth-order valence-electron chi connectivity index (χ4n) is 3.83. The minimum absolute atomic E-state index is 0.00597. The summed E-state index contributed by atoms with van der Waals surface area (Å²) in [4.78, 5) is 22.3. The standard InChI is InChI=1S/C19H25N5O2S/c1-2-15-20-19-24(21-15)18(26)17(27-19)16(14-6-4-3-5-7-14)23-10-8-22(9-11-23)12-13-25/h3-7,16-17,25H,2,8-13H2,1H3. The monoisotopic (exact) mass is 387 g/mol. The minimum Gasteiger partial charge on any atom is -0.395 e. The second-order valence-corrected chi connectivity index (χ2v) is 8.02. The summed E-state index contributed by atoms with van der Waals surface area (Å²) >= 11 is 1.53. The molecule has 1 aromatic carbocycles. The van der Waals surface area contributed by atoms with Crippen LogP contribution in [0.3, 0.4) is 0 Å². The number of piperazine rings is 1. The van der Waals surface area contributed by atoms with Crippen molar-refractivity contribution >= 4 is 17.7 Å². The van der Waals surface area contributed by atoms with Crippen LogP contribution in [0.1, 0.15) is 29.1 Å². The van der Waals surface area contributed by atoms with Crippen molar-refractivity contribution in [1.29, 1.82) is 0 Å². The fraction of sp³-hybridized carbons (Fsp3) is 0.526. The Kier molecular flexibility index (Phi) is 5.58. The zero-order valence-electron chi connectivity index (χ0n) is 15.5. The van der Waals surface area contributed by atoms with Crippen LogP contribution in [0.15, 0.2) is 35.5 Å². The van der Waals surface area contributed by atoms with Crippen LogP contribution < -0.4 is 0 Å². The molecule has 1 N–H and O–H groups in total. The number of β-amino-alcohol motifs (C(OH)–C–C–N with tert-alkyl or cyclic N) is 1. The molecule has 0 spiro atoms. The van der Waals surface area contributed by atoms with E-state index in [0.29, 0.717) is 11.7 Å². The van der Waals surface area contributed by atoms with E-state index in [1.807, 2.05) is 25.1 Å². The van der Waals surface area contributed by atoms with Crippen molar-refractivity contribution in [3.05, 3.63) is 41.7 Å². The lowest BCUT2D eigenvalue weighted by atomic mass is 10.00.